The van der Waals surface area contributed by atoms with Gasteiger partial charge in [-0.25, -0.2) is 4.39 Å². The minimum Gasteiger partial charge on any atom is -0.493 e. The van der Waals surface area contributed by atoms with E-state index in [1.54, 1.807) is 6.07 Å². The summed E-state index contributed by atoms with van der Waals surface area (Å²) in [5.74, 6) is 0.788. The van der Waals surface area contributed by atoms with Crippen LogP contribution in [0.25, 0.3) is 0 Å². The summed E-state index contributed by atoms with van der Waals surface area (Å²) in [5.41, 5.74) is 4.03. The summed E-state index contributed by atoms with van der Waals surface area (Å²) < 4.78 is 19.6. The third-order valence-corrected chi connectivity index (χ3v) is 4.67. The Morgan fingerprint density at radius 2 is 2.05 bits per heavy atom. The van der Waals surface area contributed by atoms with Crippen molar-refractivity contribution in [2.24, 2.45) is 0 Å². The molecule has 1 heterocycles. The minimum atomic E-state index is -0.175. The molecule has 1 atom stereocenters. The fourth-order valence-corrected chi connectivity index (χ4v) is 3.21. The van der Waals surface area contributed by atoms with Gasteiger partial charge in [-0.15, -0.1) is 0 Å². The van der Waals surface area contributed by atoms with Gasteiger partial charge in [0, 0.05) is 5.56 Å². The molecule has 3 heteroatoms. The molecule has 0 saturated heterocycles. The van der Waals surface area contributed by atoms with Crippen molar-refractivity contribution >= 4 is 15.9 Å². The standard InChI is InChI=1S/C17H16BrFO/c1-11-4-6-15(19)14(9-11)17(18)13-5-7-16-12(10-13)3-2-8-20-16/h4-7,9-10,17H,2-3,8H2,1H3. The van der Waals surface area contributed by atoms with Gasteiger partial charge in [0.15, 0.2) is 0 Å². The molecule has 1 nitrogen and oxygen atoms in total. The Balaban J connectivity index is 1.97. The molecule has 0 aliphatic carbocycles. The second kappa shape index (κ2) is 5.57. The Bertz CT molecular complexity index is 639. The highest BCUT2D eigenvalue weighted by Crippen LogP contribution is 2.36. The Hall–Kier alpha value is -1.35. The van der Waals surface area contributed by atoms with Crippen molar-refractivity contribution in [1.82, 2.24) is 0 Å². The fraction of sp³-hybridized carbons (Fsp3) is 0.294. The number of rotatable bonds is 2. The maximum atomic E-state index is 14.0. The quantitative estimate of drug-likeness (QED) is 0.706. The van der Waals surface area contributed by atoms with E-state index in [9.17, 15) is 4.39 Å². The highest BCUT2D eigenvalue weighted by atomic mass is 79.9. The van der Waals surface area contributed by atoms with Crippen LogP contribution in [0, 0.1) is 12.7 Å². The van der Waals surface area contributed by atoms with Crippen LogP contribution in [0.15, 0.2) is 36.4 Å². The summed E-state index contributed by atoms with van der Waals surface area (Å²) >= 11 is 3.63. The molecule has 0 fully saturated rings. The van der Waals surface area contributed by atoms with Crippen LogP contribution in [0.1, 0.15) is 33.5 Å². The molecule has 2 aromatic carbocycles. The average molecular weight is 335 g/mol. The van der Waals surface area contributed by atoms with Crippen LogP contribution < -0.4 is 4.74 Å². The molecular formula is C17H16BrFO. The largest absolute Gasteiger partial charge is 0.493 e. The Morgan fingerprint density at radius 1 is 1.20 bits per heavy atom. The number of hydrogen-bond donors (Lipinski definition) is 0. The van der Waals surface area contributed by atoms with E-state index in [0.29, 0.717) is 5.56 Å². The maximum Gasteiger partial charge on any atom is 0.127 e. The normalized spacial score (nSPS) is 15.3. The summed E-state index contributed by atoms with van der Waals surface area (Å²) in [4.78, 5) is -0.130. The molecule has 1 aliphatic heterocycles. The second-order valence-corrected chi connectivity index (χ2v) is 6.12. The second-order valence-electron chi connectivity index (χ2n) is 5.21. The molecule has 0 radical (unpaired) electrons. The molecule has 0 N–H and O–H groups in total. The zero-order valence-corrected chi connectivity index (χ0v) is 12.9. The lowest BCUT2D eigenvalue weighted by Crippen LogP contribution is -2.09. The molecular weight excluding hydrogens is 319 g/mol. The first-order valence-corrected chi connectivity index (χ1v) is 7.72. The lowest BCUT2D eigenvalue weighted by Gasteiger charge is -2.20. The highest BCUT2D eigenvalue weighted by molar-refractivity contribution is 9.09. The Labute approximate surface area is 126 Å². The first kappa shape index (κ1) is 13.6. The summed E-state index contributed by atoms with van der Waals surface area (Å²) in [6.07, 6.45) is 2.07. The summed E-state index contributed by atoms with van der Waals surface area (Å²) in [6, 6.07) is 11.3. The van der Waals surface area contributed by atoms with Crippen LogP contribution in [0.5, 0.6) is 5.75 Å². The van der Waals surface area contributed by atoms with E-state index < -0.39 is 0 Å². The predicted molar refractivity (Wildman–Crippen MR) is 82.2 cm³/mol. The predicted octanol–water partition coefficient (Wildman–Crippen LogP) is 4.94. The topological polar surface area (TPSA) is 9.23 Å². The van der Waals surface area contributed by atoms with Gasteiger partial charge in [0.05, 0.1) is 11.4 Å². The number of fused-ring (bicyclic) bond motifs is 1. The molecule has 0 amide bonds. The van der Waals surface area contributed by atoms with Gasteiger partial charge in [-0.2, -0.15) is 0 Å². The third-order valence-electron chi connectivity index (χ3n) is 3.65. The van der Waals surface area contributed by atoms with Gasteiger partial charge < -0.3 is 4.74 Å². The molecule has 0 bridgehead atoms. The number of alkyl halides is 1. The molecule has 0 saturated carbocycles. The Morgan fingerprint density at radius 3 is 2.90 bits per heavy atom. The molecule has 1 aliphatic rings. The first-order valence-electron chi connectivity index (χ1n) is 6.81. The molecule has 2 aromatic rings. The Kier molecular flexibility index (Phi) is 3.79. The van der Waals surface area contributed by atoms with E-state index in [4.69, 9.17) is 4.74 Å². The van der Waals surface area contributed by atoms with E-state index in [2.05, 4.69) is 22.0 Å². The molecule has 104 valence electrons. The third kappa shape index (κ3) is 2.59. The van der Waals surface area contributed by atoms with Crippen LogP contribution in [-0.2, 0) is 6.42 Å². The van der Waals surface area contributed by atoms with Crippen LogP contribution in [0.3, 0.4) is 0 Å². The van der Waals surface area contributed by atoms with Gasteiger partial charge in [-0.1, -0.05) is 45.8 Å². The molecule has 0 aromatic heterocycles. The van der Waals surface area contributed by atoms with Gasteiger partial charge in [0.25, 0.3) is 0 Å². The van der Waals surface area contributed by atoms with Gasteiger partial charge >= 0.3 is 0 Å². The first-order chi connectivity index (χ1) is 9.65. The van der Waals surface area contributed by atoms with Crippen molar-refractivity contribution in [3.05, 3.63) is 64.5 Å². The van der Waals surface area contributed by atoms with Crippen molar-refractivity contribution in [3.63, 3.8) is 0 Å². The molecule has 20 heavy (non-hydrogen) atoms. The van der Waals surface area contributed by atoms with Gasteiger partial charge in [-0.05, 0) is 43.0 Å². The smallest absolute Gasteiger partial charge is 0.127 e. The summed E-state index contributed by atoms with van der Waals surface area (Å²) in [5, 5.41) is 0. The van der Waals surface area contributed by atoms with Gasteiger partial charge in [0.1, 0.15) is 11.6 Å². The van der Waals surface area contributed by atoms with Crippen molar-refractivity contribution in [3.8, 4) is 5.75 Å². The zero-order chi connectivity index (χ0) is 14.1. The average Bonchev–Trinajstić information content (AvgIpc) is 2.48. The molecule has 3 rings (SSSR count). The number of halogens is 2. The maximum absolute atomic E-state index is 14.0. The van der Waals surface area contributed by atoms with Crippen LogP contribution in [-0.4, -0.2) is 6.61 Å². The van der Waals surface area contributed by atoms with Crippen molar-refractivity contribution < 1.29 is 9.13 Å². The van der Waals surface area contributed by atoms with Crippen LogP contribution >= 0.6 is 15.9 Å². The zero-order valence-electron chi connectivity index (χ0n) is 11.3. The van der Waals surface area contributed by atoms with E-state index >= 15 is 0 Å². The lowest BCUT2D eigenvalue weighted by molar-refractivity contribution is 0.288. The lowest BCUT2D eigenvalue weighted by atomic mass is 9.98. The van der Waals surface area contributed by atoms with E-state index in [-0.39, 0.29) is 10.6 Å². The van der Waals surface area contributed by atoms with E-state index in [0.717, 1.165) is 36.3 Å². The monoisotopic (exact) mass is 334 g/mol. The summed E-state index contributed by atoms with van der Waals surface area (Å²) in [7, 11) is 0. The van der Waals surface area contributed by atoms with E-state index in [1.165, 1.54) is 11.6 Å². The van der Waals surface area contributed by atoms with Crippen molar-refractivity contribution in [2.75, 3.05) is 6.61 Å². The number of hydrogen-bond acceptors (Lipinski definition) is 1. The highest BCUT2D eigenvalue weighted by Gasteiger charge is 2.18. The van der Waals surface area contributed by atoms with Crippen LogP contribution in [0.2, 0.25) is 0 Å². The van der Waals surface area contributed by atoms with Crippen molar-refractivity contribution in [2.45, 2.75) is 24.6 Å². The van der Waals surface area contributed by atoms with Gasteiger partial charge in [0.2, 0.25) is 0 Å². The number of ether oxygens (including phenoxy) is 1. The van der Waals surface area contributed by atoms with Crippen molar-refractivity contribution in [1.29, 1.82) is 0 Å². The molecule has 0 spiro atoms. The number of benzene rings is 2. The summed E-state index contributed by atoms with van der Waals surface area (Å²) in [6.45, 7) is 2.76. The number of aryl methyl sites for hydroxylation is 2. The van der Waals surface area contributed by atoms with Gasteiger partial charge in [-0.3, -0.25) is 0 Å². The van der Waals surface area contributed by atoms with E-state index in [1.807, 2.05) is 25.1 Å². The fourth-order valence-electron chi connectivity index (χ4n) is 2.57. The SMILES string of the molecule is Cc1ccc(F)c(C(Br)c2ccc3c(c2)CCCO3)c1. The molecule has 1 unspecified atom stereocenters. The minimum absolute atomic E-state index is 0.130. The van der Waals surface area contributed by atoms with Crippen LogP contribution in [0.4, 0.5) is 4.39 Å².